The average molecular weight is 371 g/mol. The summed E-state index contributed by atoms with van der Waals surface area (Å²) in [6, 6.07) is 7.69. The first-order valence-corrected chi connectivity index (χ1v) is 9.70. The Morgan fingerprint density at radius 3 is 2.81 bits per heavy atom. The van der Waals surface area contributed by atoms with Crippen LogP contribution < -0.4 is 11.1 Å². The molecule has 3 N–H and O–H groups in total. The van der Waals surface area contributed by atoms with Crippen LogP contribution in [0.1, 0.15) is 44.6 Å². The first-order chi connectivity index (χ1) is 13.0. The SMILES string of the molecule is CC(C)[C@H](N)C(=O)NCc1nc(-c2cccc(CN3CCCCC3)c2)no1. The molecule has 0 unspecified atom stereocenters. The maximum absolute atomic E-state index is 11.9. The van der Waals surface area contributed by atoms with Crippen LogP contribution in [0.25, 0.3) is 11.4 Å². The topological polar surface area (TPSA) is 97.3 Å². The van der Waals surface area contributed by atoms with Crippen LogP contribution in [0.15, 0.2) is 28.8 Å². The van der Waals surface area contributed by atoms with Crippen molar-refractivity contribution in [1.82, 2.24) is 20.4 Å². The summed E-state index contributed by atoms with van der Waals surface area (Å²) in [5, 5.41) is 6.79. The van der Waals surface area contributed by atoms with E-state index < -0.39 is 6.04 Å². The highest BCUT2D eigenvalue weighted by atomic mass is 16.5. The molecule has 0 aliphatic carbocycles. The first kappa shape index (κ1) is 19.5. The Kier molecular flexibility index (Phi) is 6.58. The minimum absolute atomic E-state index is 0.0749. The van der Waals surface area contributed by atoms with Gasteiger partial charge in [-0.1, -0.05) is 43.6 Å². The third kappa shape index (κ3) is 5.37. The van der Waals surface area contributed by atoms with Crippen molar-refractivity contribution >= 4 is 5.91 Å². The Morgan fingerprint density at radius 1 is 1.30 bits per heavy atom. The van der Waals surface area contributed by atoms with Gasteiger partial charge in [-0.25, -0.2) is 0 Å². The second kappa shape index (κ2) is 9.10. The van der Waals surface area contributed by atoms with E-state index >= 15 is 0 Å². The van der Waals surface area contributed by atoms with E-state index in [0.29, 0.717) is 11.7 Å². The van der Waals surface area contributed by atoms with Gasteiger partial charge < -0.3 is 15.6 Å². The van der Waals surface area contributed by atoms with Gasteiger partial charge in [-0.2, -0.15) is 4.98 Å². The summed E-state index contributed by atoms with van der Waals surface area (Å²) in [5.41, 5.74) is 8.00. The standard InChI is InChI=1S/C20H29N5O2/c1-14(2)18(21)20(26)22-12-17-23-19(24-27-17)16-8-6-7-15(11-16)13-25-9-4-3-5-10-25/h6-8,11,14,18H,3-5,9-10,12-13,21H2,1-2H3,(H,22,26)/t18-/m0/s1. The van der Waals surface area contributed by atoms with E-state index in [9.17, 15) is 4.79 Å². The number of rotatable bonds is 7. The zero-order valence-corrected chi connectivity index (χ0v) is 16.1. The van der Waals surface area contributed by atoms with E-state index in [-0.39, 0.29) is 18.4 Å². The van der Waals surface area contributed by atoms with Gasteiger partial charge in [-0.15, -0.1) is 0 Å². The molecule has 7 nitrogen and oxygen atoms in total. The molecule has 0 radical (unpaired) electrons. The summed E-state index contributed by atoms with van der Waals surface area (Å²) in [7, 11) is 0. The highest BCUT2D eigenvalue weighted by Crippen LogP contribution is 2.20. The zero-order valence-electron chi connectivity index (χ0n) is 16.1. The van der Waals surface area contributed by atoms with E-state index in [1.54, 1.807) is 0 Å². The van der Waals surface area contributed by atoms with Gasteiger partial charge in [-0.05, 0) is 43.5 Å². The van der Waals surface area contributed by atoms with Crippen LogP contribution in [-0.4, -0.2) is 40.1 Å². The number of hydrogen-bond acceptors (Lipinski definition) is 6. The molecule has 1 fully saturated rings. The lowest BCUT2D eigenvalue weighted by Crippen LogP contribution is -2.43. The third-order valence-electron chi connectivity index (χ3n) is 4.94. The van der Waals surface area contributed by atoms with Crippen molar-refractivity contribution in [2.24, 2.45) is 11.7 Å². The molecule has 7 heteroatoms. The number of aromatic nitrogens is 2. The van der Waals surface area contributed by atoms with Gasteiger partial charge in [0.15, 0.2) is 0 Å². The number of hydrogen-bond donors (Lipinski definition) is 2. The maximum atomic E-state index is 11.9. The van der Waals surface area contributed by atoms with Crippen LogP contribution in [-0.2, 0) is 17.9 Å². The summed E-state index contributed by atoms with van der Waals surface area (Å²) < 4.78 is 5.27. The van der Waals surface area contributed by atoms with Crippen molar-refractivity contribution in [3.63, 3.8) is 0 Å². The van der Waals surface area contributed by atoms with Gasteiger partial charge in [0, 0.05) is 12.1 Å². The molecule has 27 heavy (non-hydrogen) atoms. The van der Waals surface area contributed by atoms with Gasteiger partial charge >= 0.3 is 0 Å². The quantitative estimate of drug-likeness (QED) is 0.775. The number of nitrogens with zero attached hydrogens (tertiary/aromatic N) is 3. The molecule has 1 aliphatic rings. The average Bonchev–Trinajstić information content (AvgIpc) is 3.15. The highest BCUT2D eigenvalue weighted by molar-refractivity contribution is 5.81. The number of carbonyl (C=O) groups excluding carboxylic acids is 1. The predicted molar refractivity (Wildman–Crippen MR) is 104 cm³/mol. The monoisotopic (exact) mass is 371 g/mol. The summed E-state index contributed by atoms with van der Waals surface area (Å²) in [4.78, 5) is 18.8. The lowest BCUT2D eigenvalue weighted by atomic mass is 10.1. The molecule has 1 saturated heterocycles. The summed E-state index contributed by atoms with van der Waals surface area (Å²) in [6.45, 7) is 7.27. The molecule has 0 spiro atoms. The van der Waals surface area contributed by atoms with Crippen LogP contribution >= 0.6 is 0 Å². The summed E-state index contributed by atoms with van der Waals surface area (Å²) >= 11 is 0. The fourth-order valence-corrected chi connectivity index (χ4v) is 3.21. The van der Waals surface area contributed by atoms with Crippen molar-refractivity contribution in [3.05, 3.63) is 35.7 Å². The molecule has 1 amide bonds. The fourth-order valence-electron chi connectivity index (χ4n) is 3.21. The van der Waals surface area contributed by atoms with Gasteiger partial charge in [0.05, 0.1) is 12.6 Å². The van der Waals surface area contributed by atoms with Crippen LogP contribution in [0.5, 0.6) is 0 Å². The van der Waals surface area contributed by atoms with Crippen LogP contribution in [0.4, 0.5) is 0 Å². The Hall–Kier alpha value is -2.25. The van der Waals surface area contributed by atoms with Gasteiger partial charge in [0.2, 0.25) is 17.6 Å². The summed E-state index contributed by atoms with van der Waals surface area (Å²) in [5.74, 6) is 0.766. The Balaban J connectivity index is 1.60. The number of nitrogens with two attached hydrogens (primary N) is 1. The van der Waals surface area contributed by atoms with Gasteiger partial charge in [0.25, 0.3) is 0 Å². The maximum Gasteiger partial charge on any atom is 0.246 e. The Bertz CT molecular complexity index is 752. The van der Waals surface area contributed by atoms with Crippen molar-refractivity contribution in [1.29, 1.82) is 0 Å². The second-order valence-electron chi connectivity index (χ2n) is 7.54. The van der Waals surface area contributed by atoms with Crippen LogP contribution in [0.3, 0.4) is 0 Å². The normalized spacial score (nSPS) is 16.4. The number of nitrogens with one attached hydrogen (secondary N) is 1. The molecule has 3 rings (SSSR count). The van der Waals surface area contributed by atoms with Gasteiger partial charge in [0.1, 0.15) is 0 Å². The number of piperidine rings is 1. The van der Waals surface area contributed by atoms with Crippen molar-refractivity contribution < 1.29 is 9.32 Å². The lowest BCUT2D eigenvalue weighted by molar-refractivity contribution is -0.123. The number of carbonyl (C=O) groups is 1. The Labute approximate surface area is 160 Å². The van der Waals surface area contributed by atoms with E-state index in [4.69, 9.17) is 10.3 Å². The van der Waals surface area contributed by atoms with Crippen molar-refractivity contribution in [2.75, 3.05) is 13.1 Å². The van der Waals surface area contributed by atoms with Crippen molar-refractivity contribution in [3.8, 4) is 11.4 Å². The molecule has 146 valence electrons. The number of amides is 1. The van der Waals surface area contributed by atoms with E-state index in [2.05, 4.69) is 32.5 Å². The number of benzene rings is 1. The molecular formula is C20H29N5O2. The van der Waals surface area contributed by atoms with Crippen LogP contribution in [0, 0.1) is 5.92 Å². The molecule has 2 aromatic rings. The van der Waals surface area contributed by atoms with Crippen molar-refractivity contribution in [2.45, 2.75) is 52.2 Å². The summed E-state index contributed by atoms with van der Waals surface area (Å²) in [6.07, 6.45) is 3.89. The van der Waals surface area contributed by atoms with E-state index in [1.807, 2.05) is 26.0 Å². The predicted octanol–water partition coefficient (Wildman–Crippen LogP) is 2.32. The smallest absolute Gasteiger partial charge is 0.246 e. The van der Waals surface area contributed by atoms with Crippen LogP contribution in [0.2, 0.25) is 0 Å². The molecule has 2 heterocycles. The highest BCUT2D eigenvalue weighted by Gasteiger charge is 2.18. The molecule has 1 aliphatic heterocycles. The molecule has 1 aromatic heterocycles. The Morgan fingerprint density at radius 2 is 2.07 bits per heavy atom. The second-order valence-corrected chi connectivity index (χ2v) is 7.54. The lowest BCUT2D eigenvalue weighted by Gasteiger charge is -2.26. The van der Waals surface area contributed by atoms with E-state index in [0.717, 1.165) is 25.2 Å². The molecule has 1 atom stereocenters. The molecular weight excluding hydrogens is 342 g/mol. The first-order valence-electron chi connectivity index (χ1n) is 9.70. The molecule has 0 saturated carbocycles. The largest absolute Gasteiger partial charge is 0.346 e. The third-order valence-corrected chi connectivity index (χ3v) is 4.94. The van der Waals surface area contributed by atoms with Gasteiger partial charge in [-0.3, -0.25) is 9.69 Å². The number of likely N-dealkylation sites (tertiary alicyclic amines) is 1. The van der Waals surface area contributed by atoms with E-state index in [1.165, 1.54) is 24.8 Å². The minimum Gasteiger partial charge on any atom is -0.346 e. The zero-order chi connectivity index (χ0) is 19.2. The molecule has 1 aromatic carbocycles. The molecule has 0 bridgehead atoms. The minimum atomic E-state index is -0.543. The fraction of sp³-hybridized carbons (Fsp3) is 0.550.